The number of hydrogen-bond acceptors (Lipinski definition) is 3. The number of rotatable bonds is 4. The van der Waals surface area contributed by atoms with Gasteiger partial charge >= 0.3 is 7.12 Å². The van der Waals surface area contributed by atoms with Gasteiger partial charge in [0.25, 0.3) is 0 Å². The fourth-order valence-electron chi connectivity index (χ4n) is 4.43. The number of hydrogen-bond donors (Lipinski definition) is 0. The first kappa shape index (κ1) is 15.7. The fraction of sp³-hybridized carbons (Fsp3) is 0.400. The van der Waals surface area contributed by atoms with E-state index in [9.17, 15) is 0 Å². The van der Waals surface area contributed by atoms with Crippen molar-refractivity contribution in [1.82, 2.24) is 0 Å². The lowest BCUT2D eigenvalue weighted by atomic mass is 9.77. The molecule has 2 aromatic rings. The second kappa shape index (κ2) is 6.27. The van der Waals surface area contributed by atoms with Crippen molar-refractivity contribution in [2.75, 3.05) is 19.1 Å². The van der Waals surface area contributed by atoms with Crippen LogP contribution in [-0.4, -0.2) is 27.4 Å². The first-order valence-corrected chi connectivity index (χ1v) is 8.78. The molecule has 124 valence electrons. The van der Waals surface area contributed by atoms with E-state index in [0.717, 1.165) is 5.46 Å². The summed E-state index contributed by atoms with van der Waals surface area (Å²) in [4.78, 5) is 2.55. The quantitative estimate of drug-likeness (QED) is 0.800. The average molecular weight is 321 g/mol. The van der Waals surface area contributed by atoms with E-state index in [1.54, 1.807) is 14.2 Å². The minimum atomic E-state index is -0.288. The molecule has 0 radical (unpaired) electrons. The van der Waals surface area contributed by atoms with Gasteiger partial charge in [0, 0.05) is 37.6 Å². The molecular weight excluding hydrogens is 297 g/mol. The summed E-state index contributed by atoms with van der Waals surface area (Å²) in [5.74, 6) is 0.621. The van der Waals surface area contributed by atoms with E-state index in [4.69, 9.17) is 9.31 Å². The minimum Gasteiger partial charge on any atom is -0.410 e. The second-order valence-corrected chi connectivity index (χ2v) is 6.93. The summed E-state index contributed by atoms with van der Waals surface area (Å²) in [6.45, 7) is 2.14. The molecule has 1 aliphatic carbocycles. The predicted octanol–water partition coefficient (Wildman–Crippen LogP) is 3.77. The predicted molar refractivity (Wildman–Crippen MR) is 99.5 cm³/mol. The van der Waals surface area contributed by atoms with E-state index in [2.05, 4.69) is 54.3 Å². The number of benzene rings is 2. The van der Waals surface area contributed by atoms with Gasteiger partial charge < -0.3 is 14.2 Å². The van der Waals surface area contributed by atoms with Crippen molar-refractivity contribution < 1.29 is 9.31 Å². The summed E-state index contributed by atoms with van der Waals surface area (Å²) in [6.07, 6.45) is 3.84. The molecule has 2 atom stereocenters. The molecule has 0 saturated heterocycles. The molecule has 1 fully saturated rings. The molecule has 0 spiro atoms. The lowest BCUT2D eigenvalue weighted by Crippen LogP contribution is -2.35. The number of aryl methyl sites for hydroxylation is 1. The van der Waals surface area contributed by atoms with Crippen LogP contribution < -0.4 is 10.4 Å². The maximum atomic E-state index is 5.45. The Morgan fingerprint density at radius 1 is 1.00 bits per heavy atom. The van der Waals surface area contributed by atoms with Crippen molar-refractivity contribution in [2.24, 2.45) is 0 Å². The summed E-state index contributed by atoms with van der Waals surface area (Å²) in [5, 5.41) is 0. The van der Waals surface area contributed by atoms with Crippen molar-refractivity contribution in [1.29, 1.82) is 0 Å². The molecule has 1 aliphatic heterocycles. The smallest absolute Gasteiger partial charge is 0.410 e. The van der Waals surface area contributed by atoms with Gasteiger partial charge in [0.05, 0.1) is 0 Å². The van der Waals surface area contributed by atoms with E-state index in [1.807, 2.05) is 0 Å². The normalized spacial score (nSPS) is 21.7. The highest BCUT2D eigenvalue weighted by molar-refractivity contribution is 6.61. The van der Waals surface area contributed by atoms with E-state index in [-0.39, 0.29) is 7.12 Å². The zero-order chi connectivity index (χ0) is 16.7. The van der Waals surface area contributed by atoms with Crippen LogP contribution >= 0.6 is 0 Å². The van der Waals surface area contributed by atoms with Crippen LogP contribution in [0.4, 0.5) is 11.4 Å². The second-order valence-electron chi connectivity index (χ2n) is 6.93. The van der Waals surface area contributed by atoms with Gasteiger partial charge in [-0.25, -0.2) is 0 Å². The molecule has 0 amide bonds. The summed E-state index contributed by atoms with van der Waals surface area (Å²) >= 11 is 0. The topological polar surface area (TPSA) is 21.7 Å². The third kappa shape index (κ3) is 2.45. The Balaban J connectivity index is 1.78. The molecule has 1 heterocycles. The first-order chi connectivity index (χ1) is 11.7. The Labute approximate surface area is 144 Å². The van der Waals surface area contributed by atoms with Crippen molar-refractivity contribution >= 4 is 24.0 Å². The van der Waals surface area contributed by atoms with E-state index < -0.39 is 0 Å². The Morgan fingerprint density at radius 3 is 2.46 bits per heavy atom. The third-order valence-electron chi connectivity index (χ3n) is 5.53. The molecule has 24 heavy (non-hydrogen) atoms. The highest BCUT2D eigenvalue weighted by Gasteiger charge is 2.42. The van der Waals surface area contributed by atoms with Crippen molar-refractivity contribution in [3.63, 3.8) is 0 Å². The third-order valence-corrected chi connectivity index (χ3v) is 5.53. The summed E-state index contributed by atoms with van der Waals surface area (Å²) in [5.41, 5.74) is 6.52. The Kier molecular flexibility index (Phi) is 4.11. The number of anilines is 2. The van der Waals surface area contributed by atoms with Gasteiger partial charge in [-0.1, -0.05) is 36.2 Å². The average Bonchev–Trinajstić information content (AvgIpc) is 3.18. The van der Waals surface area contributed by atoms with Crippen LogP contribution in [-0.2, 0) is 9.31 Å². The van der Waals surface area contributed by atoms with E-state index >= 15 is 0 Å². The van der Waals surface area contributed by atoms with Crippen LogP contribution in [0.15, 0.2) is 42.5 Å². The maximum absolute atomic E-state index is 5.45. The Hall–Kier alpha value is -1.78. The summed E-state index contributed by atoms with van der Waals surface area (Å²) < 4.78 is 10.9. The zero-order valence-corrected chi connectivity index (χ0v) is 14.7. The molecule has 0 N–H and O–H groups in total. The molecule has 1 saturated carbocycles. The van der Waals surface area contributed by atoms with Gasteiger partial charge in [0.2, 0.25) is 0 Å². The standard InChI is InChI=1S/C20H24BNO2/c1-14-7-10-16(11-8-14)22-19-6-4-5-17(19)18-13-15(9-12-20(18)22)21(23-2)24-3/h7-13,17,19H,4-6H2,1-3H3. The molecule has 2 aromatic carbocycles. The van der Waals surface area contributed by atoms with Crippen LogP contribution in [0.25, 0.3) is 0 Å². The number of nitrogens with zero attached hydrogens (tertiary/aromatic N) is 1. The molecular formula is C20H24BNO2. The molecule has 4 rings (SSSR count). The summed E-state index contributed by atoms with van der Waals surface area (Å²) in [7, 11) is 3.10. The van der Waals surface area contributed by atoms with Gasteiger partial charge in [-0.15, -0.1) is 0 Å². The zero-order valence-electron chi connectivity index (χ0n) is 14.7. The lowest BCUT2D eigenvalue weighted by molar-refractivity contribution is 0.292. The van der Waals surface area contributed by atoms with Crippen molar-refractivity contribution in [2.45, 2.75) is 38.1 Å². The summed E-state index contributed by atoms with van der Waals surface area (Å²) in [6, 6.07) is 16.2. The monoisotopic (exact) mass is 321 g/mol. The highest BCUT2D eigenvalue weighted by Crippen LogP contribution is 2.51. The SMILES string of the molecule is COB(OC)c1ccc2c(c1)C1CCCC1N2c1ccc(C)cc1. The Bertz CT molecular complexity index is 727. The van der Waals surface area contributed by atoms with E-state index in [0.29, 0.717) is 12.0 Å². The van der Waals surface area contributed by atoms with Gasteiger partial charge in [0.1, 0.15) is 0 Å². The van der Waals surface area contributed by atoms with Crippen molar-refractivity contribution in [3.8, 4) is 0 Å². The molecule has 0 bridgehead atoms. The fourth-order valence-corrected chi connectivity index (χ4v) is 4.43. The van der Waals surface area contributed by atoms with E-state index in [1.165, 1.54) is 41.8 Å². The van der Waals surface area contributed by atoms with Crippen molar-refractivity contribution in [3.05, 3.63) is 53.6 Å². The first-order valence-electron chi connectivity index (χ1n) is 8.78. The molecule has 3 nitrogen and oxygen atoms in total. The molecule has 2 aliphatic rings. The molecule has 4 heteroatoms. The van der Waals surface area contributed by atoms with Gasteiger partial charge in [0.15, 0.2) is 0 Å². The van der Waals surface area contributed by atoms with Crippen LogP contribution in [0, 0.1) is 6.92 Å². The van der Waals surface area contributed by atoms with Crippen LogP contribution in [0.1, 0.15) is 36.3 Å². The lowest BCUT2D eigenvalue weighted by Gasteiger charge is -2.27. The Morgan fingerprint density at radius 2 is 1.75 bits per heavy atom. The largest absolute Gasteiger partial charge is 0.493 e. The van der Waals surface area contributed by atoms with Gasteiger partial charge in [-0.3, -0.25) is 0 Å². The maximum Gasteiger partial charge on any atom is 0.493 e. The van der Waals surface area contributed by atoms with Gasteiger partial charge in [-0.05, 0) is 49.0 Å². The van der Waals surface area contributed by atoms with Gasteiger partial charge in [-0.2, -0.15) is 0 Å². The minimum absolute atomic E-state index is 0.288. The van der Waals surface area contributed by atoms with Crippen LogP contribution in [0.2, 0.25) is 0 Å². The van der Waals surface area contributed by atoms with Crippen LogP contribution in [0.5, 0.6) is 0 Å². The molecule has 0 aromatic heterocycles. The highest BCUT2D eigenvalue weighted by atomic mass is 16.6. The molecule has 2 unspecified atom stereocenters. The van der Waals surface area contributed by atoms with Crippen LogP contribution in [0.3, 0.4) is 0 Å². The number of fused-ring (bicyclic) bond motifs is 3.